The average molecular weight is 399 g/mol. The molecule has 3 aliphatic heterocycles. The van der Waals surface area contributed by atoms with E-state index in [4.69, 9.17) is 18.9 Å². The summed E-state index contributed by atoms with van der Waals surface area (Å²) in [4.78, 5) is 6.66. The lowest BCUT2D eigenvalue weighted by Crippen LogP contribution is -2.49. The lowest BCUT2D eigenvalue weighted by Gasteiger charge is -2.35. The third kappa shape index (κ3) is 4.35. The highest BCUT2D eigenvalue weighted by Gasteiger charge is 2.41. The van der Waals surface area contributed by atoms with Gasteiger partial charge >= 0.3 is 0 Å². The first-order valence-electron chi connectivity index (χ1n) is 9.27. The van der Waals surface area contributed by atoms with Gasteiger partial charge in [-0.1, -0.05) is 0 Å². The summed E-state index contributed by atoms with van der Waals surface area (Å²) in [6.07, 6.45) is 1.22. The van der Waals surface area contributed by atoms with Gasteiger partial charge in [0.05, 0.1) is 33.0 Å². The smallest absolute Gasteiger partial charge is 0.246 e. The van der Waals surface area contributed by atoms with Gasteiger partial charge in [0, 0.05) is 38.5 Å². The molecule has 0 radical (unpaired) electrons. The van der Waals surface area contributed by atoms with E-state index in [2.05, 4.69) is 14.6 Å². The first-order chi connectivity index (χ1) is 13.1. The summed E-state index contributed by atoms with van der Waals surface area (Å²) < 4.78 is 50.3. The summed E-state index contributed by atoms with van der Waals surface area (Å²) in [6.45, 7) is 5.77. The molecule has 0 aromatic carbocycles. The van der Waals surface area contributed by atoms with Crippen LogP contribution < -0.4 is 14.2 Å². The Morgan fingerprint density at radius 1 is 1.15 bits per heavy atom. The zero-order chi connectivity index (χ0) is 18.7. The minimum atomic E-state index is -3.66. The van der Waals surface area contributed by atoms with E-state index < -0.39 is 15.6 Å². The van der Waals surface area contributed by atoms with Gasteiger partial charge in [0.25, 0.3) is 0 Å². The third-order valence-corrected chi connectivity index (χ3v) is 6.57. The number of ether oxygens (including phenoxy) is 4. The second kappa shape index (κ2) is 7.88. The topological polar surface area (TPSA) is 99.2 Å². The molecule has 2 saturated heterocycles. The number of pyridine rings is 1. The third-order valence-electron chi connectivity index (χ3n) is 5.15. The molecule has 9 nitrogen and oxygen atoms in total. The molecule has 4 heterocycles. The van der Waals surface area contributed by atoms with Crippen LogP contribution in [-0.4, -0.2) is 83.1 Å². The maximum Gasteiger partial charge on any atom is 0.246 e. The zero-order valence-electron chi connectivity index (χ0n) is 15.2. The van der Waals surface area contributed by atoms with Crippen molar-refractivity contribution in [2.45, 2.75) is 23.3 Å². The SMILES string of the molecule is O=S1(=O)NCC2(CCOCC2)Oc2nc(OCCN3CCOCC3)ccc21. The molecule has 0 saturated carbocycles. The van der Waals surface area contributed by atoms with E-state index in [1.54, 1.807) is 6.07 Å². The minimum absolute atomic E-state index is 0.0476. The number of nitrogens with zero attached hydrogens (tertiary/aromatic N) is 2. The molecule has 0 bridgehead atoms. The number of hydrogen-bond donors (Lipinski definition) is 1. The Hall–Kier alpha value is -1.46. The van der Waals surface area contributed by atoms with Gasteiger partial charge in [0.2, 0.25) is 21.8 Å². The number of nitrogens with one attached hydrogen (secondary N) is 1. The van der Waals surface area contributed by atoms with Crippen molar-refractivity contribution in [3.05, 3.63) is 12.1 Å². The highest BCUT2D eigenvalue weighted by atomic mass is 32.2. The van der Waals surface area contributed by atoms with Crippen molar-refractivity contribution in [1.29, 1.82) is 0 Å². The highest BCUT2D eigenvalue weighted by Crippen LogP contribution is 2.34. The Morgan fingerprint density at radius 2 is 1.89 bits per heavy atom. The molecular weight excluding hydrogens is 374 g/mol. The molecule has 150 valence electrons. The molecule has 0 unspecified atom stereocenters. The molecule has 27 heavy (non-hydrogen) atoms. The normalized spacial score (nSPS) is 24.6. The first kappa shape index (κ1) is 18.9. The van der Waals surface area contributed by atoms with Crippen LogP contribution >= 0.6 is 0 Å². The lowest BCUT2D eigenvalue weighted by atomic mass is 9.94. The standard InChI is InChI=1S/C17H25N3O6S/c21-27(22)14-1-2-15(25-12-7-20-5-10-24-11-6-20)19-16(14)26-17(13-18-27)3-8-23-9-4-17/h1-2,18H,3-13H2. The molecule has 10 heteroatoms. The molecular formula is C17H25N3O6S. The van der Waals surface area contributed by atoms with Gasteiger partial charge in [-0.15, -0.1) is 0 Å². The minimum Gasteiger partial charge on any atom is -0.476 e. The average Bonchev–Trinajstić information content (AvgIpc) is 2.78. The number of morpholine rings is 1. The van der Waals surface area contributed by atoms with Gasteiger partial charge < -0.3 is 18.9 Å². The highest BCUT2D eigenvalue weighted by molar-refractivity contribution is 7.89. The molecule has 3 aliphatic rings. The van der Waals surface area contributed by atoms with Crippen LogP contribution in [0, 0.1) is 0 Å². The predicted octanol–water partition coefficient (Wildman–Crippen LogP) is 0.0125. The molecule has 1 N–H and O–H groups in total. The Balaban J connectivity index is 1.48. The Bertz CT molecular complexity index is 760. The fraction of sp³-hybridized carbons (Fsp3) is 0.706. The van der Waals surface area contributed by atoms with Crippen LogP contribution in [0.25, 0.3) is 0 Å². The zero-order valence-corrected chi connectivity index (χ0v) is 16.0. The number of rotatable bonds is 4. The van der Waals surface area contributed by atoms with Crippen molar-refractivity contribution in [3.63, 3.8) is 0 Å². The maximum absolute atomic E-state index is 12.5. The maximum atomic E-state index is 12.5. The van der Waals surface area contributed by atoms with E-state index in [0.717, 1.165) is 32.8 Å². The Labute approximate surface area is 159 Å². The number of fused-ring (bicyclic) bond motifs is 1. The van der Waals surface area contributed by atoms with Gasteiger partial charge in [-0.25, -0.2) is 13.1 Å². The van der Waals surface area contributed by atoms with E-state index in [-0.39, 0.29) is 17.3 Å². The second-order valence-corrected chi connectivity index (χ2v) is 8.71. The van der Waals surface area contributed by atoms with E-state index in [1.165, 1.54) is 6.07 Å². The van der Waals surface area contributed by atoms with Gasteiger partial charge in [0.1, 0.15) is 17.1 Å². The van der Waals surface area contributed by atoms with Gasteiger partial charge in [-0.05, 0) is 6.07 Å². The predicted molar refractivity (Wildman–Crippen MR) is 95.6 cm³/mol. The van der Waals surface area contributed by atoms with E-state index >= 15 is 0 Å². The molecule has 0 amide bonds. The number of aromatic nitrogens is 1. The van der Waals surface area contributed by atoms with Crippen LogP contribution in [0.3, 0.4) is 0 Å². The van der Waals surface area contributed by atoms with Crippen LogP contribution in [0.5, 0.6) is 11.8 Å². The molecule has 0 aliphatic carbocycles. The van der Waals surface area contributed by atoms with E-state index in [0.29, 0.717) is 38.5 Å². The fourth-order valence-electron chi connectivity index (χ4n) is 3.44. The molecule has 2 fully saturated rings. The van der Waals surface area contributed by atoms with E-state index in [9.17, 15) is 8.42 Å². The summed E-state index contributed by atoms with van der Waals surface area (Å²) in [6, 6.07) is 3.07. The molecule has 4 rings (SSSR count). The molecule has 1 aromatic heterocycles. The quantitative estimate of drug-likeness (QED) is 0.756. The fourth-order valence-corrected chi connectivity index (χ4v) is 4.61. The Morgan fingerprint density at radius 3 is 2.67 bits per heavy atom. The van der Waals surface area contributed by atoms with Crippen LogP contribution in [0.4, 0.5) is 0 Å². The molecule has 1 spiro atoms. The number of hydrogen-bond acceptors (Lipinski definition) is 8. The van der Waals surface area contributed by atoms with Crippen molar-refractivity contribution < 1.29 is 27.4 Å². The Kier molecular flexibility index (Phi) is 5.51. The van der Waals surface area contributed by atoms with Crippen LogP contribution in [0.2, 0.25) is 0 Å². The van der Waals surface area contributed by atoms with E-state index in [1.807, 2.05) is 0 Å². The summed E-state index contributed by atoms with van der Waals surface area (Å²) in [7, 11) is -3.66. The van der Waals surface area contributed by atoms with Gasteiger partial charge in [-0.2, -0.15) is 4.98 Å². The first-order valence-corrected chi connectivity index (χ1v) is 10.8. The second-order valence-electron chi connectivity index (χ2n) is 6.98. The monoisotopic (exact) mass is 399 g/mol. The van der Waals surface area contributed by atoms with Crippen molar-refractivity contribution in [2.24, 2.45) is 0 Å². The molecule has 1 aromatic rings. The van der Waals surface area contributed by atoms with Crippen molar-refractivity contribution >= 4 is 10.0 Å². The van der Waals surface area contributed by atoms with Crippen LogP contribution in [0.15, 0.2) is 17.0 Å². The largest absolute Gasteiger partial charge is 0.476 e. The van der Waals surface area contributed by atoms with Gasteiger partial charge in [-0.3, -0.25) is 4.90 Å². The summed E-state index contributed by atoms with van der Waals surface area (Å²) in [5, 5.41) is 0. The van der Waals surface area contributed by atoms with Crippen LogP contribution in [-0.2, 0) is 19.5 Å². The summed E-state index contributed by atoms with van der Waals surface area (Å²) in [5.41, 5.74) is -0.629. The number of sulfonamides is 1. The van der Waals surface area contributed by atoms with Crippen molar-refractivity contribution in [1.82, 2.24) is 14.6 Å². The van der Waals surface area contributed by atoms with Crippen LogP contribution in [0.1, 0.15) is 12.8 Å². The summed E-state index contributed by atoms with van der Waals surface area (Å²) >= 11 is 0. The van der Waals surface area contributed by atoms with Crippen molar-refractivity contribution in [2.75, 3.05) is 59.2 Å². The van der Waals surface area contributed by atoms with Crippen molar-refractivity contribution in [3.8, 4) is 11.8 Å². The lowest BCUT2D eigenvalue weighted by molar-refractivity contribution is -0.0445. The van der Waals surface area contributed by atoms with Gasteiger partial charge in [0.15, 0.2) is 0 Å². The molecule has 0 atom stereocenters. The summed E-state index contributed by atoms with van der Waals surface area (Å²) in [5.74, 6) is 0.465.